The van der Waals surface area contributed by atoms with Gasteiger partial charge in [0, 0.05) is 42.8 Å². The normalized spacial score (nSPS) is 15.2. The molecule has 1 aliphatic rings. The van der Waals surface area contributed by atoms with Crippen molar-refractivity contribution in [2.75, 3.05) is 6.54 Å². The van der Waals surface area contributed by atoms with Crippen LogP contribution in [0.1, 0.15) is 17.1 Å². The number of rotatable bonds is 2. The minimum absolute atomic E-state index is 0.962. The highest BCUT2D eigenvalue weighted by molar-refractivity contribution is 7.07. The van der Waals surface area contributed by atoms with E-state index in [1.54, 1.807) is 11.3 Å². The highest BCUT2D eigenvalue weighted by Crippen LogP contribution is 2.16. The molecule has 3 rings (SSSR count). The molecule has 1 aliphatic heterocycles. The van der Waals surface area contributed by atoms with E-state index in [0.29, 0.717) is 0 Å². The van der Waals surface area contributed by atoms with Crippen LogP contribution in [0.2, 0.25) is 0 Å². The topological polar surface area (TPSA) is 29.9 Å². The smallest absolute Gasteiger partial charge is 0.0794 e. The van der Waals surface area contributed by atoms with E-state index >= 15 is 0 Å². The highest BCUT2D eigenvalue weighted by atomic mass is 32.1. The fourth-order valence-electron chi connectivity index (χ4n) is 2.07. The Morgan fingerprint density at radius 2 is 2.47 bits per heavy atom. The maximum atomic E-state index is 4.33. The molecule has 0 fully saturated rings. The van der Waals surface area contributed by atoms with Crippen molar-refractivity contribution in [3.8, 4) is 0 Å². The summed E-state index contributed by atoms with van der Waals surface area (Å²) in [6, 6.07) is 4.44. The zero-order valence-corrected chi connectivity index (χ0v) is 9.26. The van der Waals surface area contributed by atoms with E-state index < -0.39 is 0 Å². The third-order valence-electron chi connectivity index (χ3n) is 2.83. The summed E-state index contributed by atoms with van der Waals surface area (Å²) >= 11 is 1.67. The molecule has 2 aromatic heterocycles. The maximum absolute atomic E-state index is 4.33. The molecule has 0 radical (unpaired) electrons. The van der Waals surface area contributed by atoms with Crippen molar-refractivity contribution in [1.82, 2.24) is 14.9 Å². The molecule has 4 heteroatoms. The first-order valence-electron chi connectivity index (χ1n) is 5.18. The van der Waals surface area contributed by atoms with E-state index in [9.17, 15) is 0 Å². The monoisotopic (exact) mass is 219 g/mol. The number of hydrogen-bond donors (Lipinski definition) is 1. The Labute approximate surface area is 92.8 Å². The lowest BCUT2D eigenvalue weighted by Gasteiger charge is -2.18. The van der Waals surface area contributed by atoms with Gasteiger partial charge in [-0.1, -0.05) is 0 Å². The summed E-state index contributed by atoms with van der Waals surface area (Å²) in [6.07, 6.45) is 0.962. The van der Waals surface area contributed by atoms with Gasteiger partial charge in [0.05, 0.1) is 11.2 Å². The lowest BCUT2D eigenvalue weighted by atomic mass is 10.2. The molecule has 0 aromatic carbocycles. The second kappa shape index (κ2) is 3.79. The van der Waals surface area contributed by atoms with E-state index in [-0.39, 0.29) is 0 Å². The largest absolute Gasteiger partial charge is 0.346 e. The zero-order valence-electron chi connectivity index (χ0n) is 8.44. The van der Waals surface area contributed by atoms with Crippen LogP contribution in [0.5, 0.6) is 0 Å². The van der Waals surface area contributed by atoms with Crippen molar-refractivity contribution in [2.45, 2.75) is 19.5 Å². The molecule has 0 atom stereocenters. The Morgan fingerprint density at radius 3 is 3.33 bits per heavy atom. The molecule has 3 nitrogen and oxygen atoms in total. The van der Waals surface area contributed by atoms with Gasteiger partial charge < -0.3 is 9.88 Å². The van der Waals surface area contributed by atoms with E-state index in [1.165, 1.54) is 17.1 Å². The van der Waals surface area contributed by atoms with Crippen molar-refractivity contribution in [1.29, 1.82) is 0 Å². The van der Waals surface area contributed by atoms with Gasteiger partial charge in [-0.25, -0.2) is 4.98 Å². The third-order valence-corrected chi connectivity index (χ3v) is 3.46. The molecule has 0 saturated heterocycles. The summed E-state index contributed by atoms with van der Waals surface area (Å²) in [4.78, 5) is 4.33. The second-order valence-electron chi connectivity index (χ2n) is 3.80. The van der Waals surface area contributed by atoms with Gasteiger partial charge in [0.15, 0.2) is 0 Å². The van der Waals surface area contributed by atoms with Gasteiger partial charge in [-0.15, -0.1) is 11.3 Å². The molecule has 0 amide bonds. The number of hydrogen-bond acceptors (Lipinski definition) is 3. The predicted octanol–water partition coefficient (Wildman–Crippen LogP) is 1.64. The van der Waals surface area contributed by atoms with Gasteiger partial charge in [0.25, 0.3) is 0 Å². The first-order chi connectivity index (χ1) is 7.43. The van der Waals surface area contributed by atoms with Gasteiger partial charge in [0.1, 0.15) is 0 Å². The van der Waals surface area contributed by atoms with E-state index in [4.69, 9.17) is 0 Å². The van der Waals surface area contributed by atoms with E-state index in [2.05, 4.69) is 32.4 Å². The van der Waals surface area contributed by atoms with Crippen LogP contribution in [0.15, 0.2) is 23.0 Å². The molecule has 0 spiro atoms. The number of nitrogens with one attached hydrogen (secondary N) is 1. The molecule has 15 heavy (non-hydrogen) atoms. The molecular formula is C11H13N3S. The molecule has 78 valence electrons. The van der Waals surface area contributed by atoms with Gasteiger partial charge in [-0.2, -0.15) is 0 Å². The standard InChI is InChI=1S/C11H13N3S/c1-2-11-6-12-3-4-14(11)10(1)5-9-7-15-8-13-9/h1-2,7-8,12H,3-6H2. The number of fused-ring (bicyclic) bond motifs is 1. The lowest BCUT2D eigenvalue weighted by molar-refractivity contribution is 0.505. The minimum atomic E-state index is 0.962. The van der Waals surface area contributed by atoms with Crippen molar-refractivity contribution >= 4 is 11.3 Å². The lowest BCUT2D eigenvalue weighted by Crippen LogP contribution is -2.28. The Bertz CT molecular complexity index is 444. The summed E-state index contributed by atoms with van der Waals surface area (Å²) in [7, 11) is 0. The SMILES string of the molecule is c1nc(Cc2ccc3n2CCNC3)cs1. The van der Waals surface area contributed by atoms with Crippen LogP contribution < -0.4 is 5.32 Å². The van der Waals surface area contributed by atoms with Crippen molar-refractivity contribution in [3.05, 3.63) is 40.1 Å². The highest BCUT2D eigenvalue weighted by Gasteiger charge is 2.12. The van der Waals surface area contributed by atoms with Crippen LogP contribution in [-0.4, -0.2) is 16.1 Å². The Kier molecular flexibility index (Phi) is 2.31. The summed E-state index contributed by atoms with van der Waals surface area (Å²) in [5.74, 6) is 0. The maximum Gasteiger partial charge on any atom is 0.0794 e. The molecule has 2 aromatic rings. The Hall–Kier alpha value is -1.13. The van der Waals surface area contributed by atoms with Crippen LogP contribution >= 0.6 is 11.3 Å². The van der Waals surface area contributed by atoms with E-state index in [1.807, 2.05) is 5.51 Å². The van der Waals surface area contributed by atoms with Crippen molar-refractivity contribution in [3.63, 3.8) is 0 Å². The average Bonchev–Trinajstić information content (AvgIpc) is 2.89. The van der Waals surface area contributed by atoms with Crippen LogP contribution in [-0.2, 0) is 19.5 Å². The first kappa shape index (κ1) is 9.12. The quantitative estimate of drug-likeness (QED) is 0.832. The molecule has 0 bridgehead atoms. The molecular weight excluding hydrogens is 206 g/mol. The fraction of sp³-hybridized carbons (Fsp3) is 0.364. The first-order valence-corrected chi connectivity index (χ1v) is 6.13. The summed E-state index contributed by atoms with van der Waals surface area (Å²) in [6.45, 7) is 3.16. The average molecular weight is 219 g/mol. The third kappa shape index (κ3) is 1.70. The Morgan fingerprint density at radius 1 is 1.47 bits per heavy atom. The number of nitrogens with zero attached hydrogens (tertiary/aromatic N) is 2. The zero-order chi connectivity index (χ0) is 10.1. The van der Waals surface area contributed by atoms with Gasteiger partial charge in [0.2, 0.25) is 0 Å². The summed E-state index contributed by atoms with van der Waals surface area (Å²) in [5, 5.41) is 5.50. The van der Waals surface area contributed by atoms with Gasteiger partial charge in [-0.3, -0.25) is 0 Å². The van der Waals surface area contributed by atoms with Crippen molar-refractivity contribution in [2.24, 2.45) is 0 Å². The molecule has 0 saturated carbocycles. The molecule has 0 aliphatic carbocycles. The van der Waals surface area contributed by atoms with Gasteiger partial charge in [-0.05, 0) is 12.1 Å². The van der Waals surface area contributed by atoms with Gasteiger partial charge >= 0.3 is 0 Å². The second-order valence-corrected chi connectivity index (χ2v) is 4.52. The molecule has 3 heterocycles. The van der Waals surface area contributed by atoms with Crippen molar-refractivity contribution < 1.29 is 0 Å². The molecule has 0 unspecified atom stereocenters. The fourth-order valence-corrected chi connectivity index (χ4v) is 2.63. The number of thiazole rings is 1. The van der Waals surface area contributed by atoms with E-state index in [0.717, 1.165) is 26.1 Å². The predicted molar refractivity (Wildman–Crippen MR) is 61.1 cm³/mol. The number of aromatic nitrogens is 2. The van der Waals surface area contributed by atoms with Crippen LogP contribution in [0, 0.1) is 0 Å². The molecule has 1 N–H and O–H groups in total. The van der Waals surface area contributed by atoms with Crippen LogP contribution in [0.25, 0.3) is 0 Å². The summed E-state index contributed by atoms with van der Waals surface area (Å²) in [5.41, 5.74) is 5.86. The van der Waals surface area contributed by atoms with Crippen LogP contribution in [0.3, 0.4) is 0 Å². The van der Waals surface area contributed by atoms with Crippen LogP contribution in [0.4, 0.5) is 0 Å². The Balaban J connectivity index is 1.89. The minimum Gasteiger partial charge on any atom is -0.346 e. The summed E-state index contributed by atoms with van der Waals surface area (Å²) < 4.78 is 2.41.